The van der Waals surface area contributed by atoms with E-state index >= 15 is 0 Å². The Bertz CT molecular complexity index is 421. The first-order valence-electron chi connectivity index (χ1n) is 6.27. The minimum atomic E-state index is -0.424. The second-order valence-electron chi connectivity index (χ2n) is 5.12. The number of aliphatic hydroxyl groups is 1. The molecule has 0 unspecified atom stereocenters. The summed E-state index contributed by atoms with van der Waals surface area (Å²) in [6, 6.07) is 5.68. The van der Waals surface area contributed by atoms with Gasteiger partial charge >= 0.3 is 0 Å². The molecule has 3 nitrogen and oxygen atoms in total. The predicted molar refractivity (Wildman–Crippen MR) is 64.4 cm³/mol. The Morgan fingerprint density at radius 3 is 2.82 bits per heavy atom. The van der Waals surface area contributed by atoms with Gasteiger partial charge in [-0.3, -0.25) is 0 Å². The van der Waals surface area contributed by atoms with E-state index < -0.39 is 6.10 Å². The maximum atomic E-state index is 10.3. The second kappa shape index (κ2) is 3.91. The summed E-state index contributed by atoms with van der Waals surface area (Å²) in [7, 11) is 1.64. The fourth-order valence-corrected chi connectivity index (χ4v) is 3.07. The first kappa shape index (κ1) is 10.9. The lowest BCUT2D eigenvalue weighted by molar-refractivity contribution is -0.00952. The van der Waals surface area contributed by atoms with E-state index in [2.05, 4.69) is 0 Å². The molecule has 1 N–H and O–H groups in total. The van der Waals surface area contributed by atoms with Crippen molar-refractivity contribution in [1.29, 1.82) is 0 Å². The highest BCUT2D eigenvalue weighted by Gasteiger charge is 2.42. The number of ether oxygens (including phenoxy) is 2. The number of aliphatic hydroxyl groups excluding tert-OH is 1. The van der Waals surface area contributed by atoms with Gasteiger partial charge in [-0.05, 0) is 43.9 Å². The molecule has 1 heterocycles. The van der Waals surface area contributed by atoms with Gasteiger partial charge in [-0.2, -0.15) is 0 Å². The highest BCUT2D eigenvalue weighted by molar-refractivity contribution is 5.43. The van der Waals surface area contributed by atoms with Crippen LogP contribution in [0.2, 0.25) is 0 Å². The van der Waals surface area contributed by atoms with Crippen molar-refractivity contribution >= 4 is 0 Å². The third kappa shape index (κ3) is 1.78. The molecule has 3 rings (SSSR count). The van der Waals surface area contributed by atoms with Gasteiger partial charge in [0.05, 0.1) is 13.2 Å². The van der Waals surface area contributed by atoms with Crippen LogP contribution in [0.1, 0.15) is 43.8 Å². The molecule has 0 radical (unpaired) electrons. The minimum absolute atomic E-state index is 0.110. The first-order chi connectivity index (χ1) is 8.22. The van der Waals surface area contributed by atoms with E-state index in [1.165, 1.54) is 12.8 Å². The lowest BCUT2D eigenvalue weighted by atomic mass is 9.87. The van der Waals surface area contributed by atoms with Crippen molar-refractivity contribution in [2.75, 3.05) is 7.11 Å². The fourth-order valence-electron chi connectivity index (χ4n) is 3.07. The third-order valence-electron chi connectivity index (χ3n) is 3.98. The van der Waals surface area contributed by atoms with E-state index in [1.807, 2.05) is 18.2 Å². The number of methoxy groups -OCH3 is 1. The molecule has 1 aliphatic heterocycles. The molecule has 1 fully saturated rings. The van der Waals surface area contributed by atoms with E-state index in [0.29, 0.717) is 6.42 Å². The number of benzene rings is 1. The van der Waals surface area contributed by atoms with E-state index in [0.717, 1.165) is 29.9 Å². The topological polar surface area (TPSA) is 38.7 Å². The Balaban J connectivity index is 1.96. The van der Waals surface area contributed by atoms with E-state index in [1.54, 1.807) is 7.11 Å². The first-order valence-corrected chi connectivity index (χ1v) is 6.27. The SMILES string of the molecule is COc1ccc2c(c1)[C@@H](O)CC1(CCCC1)O2. The molecule has 0 bridgehead atoms. The van der Waals surface area contributed by atoms with Gasteiger partial charge in [0.25, 0.3) is 0 Å². The number of hydrogen-bond acceptors (Lipinski definition) is 3. The van der Waals surface area contributed by atoms with Crippen LogP contribution in [-0.4, -0.2) is 17.8 Å². The van der Waals surface area contributed by atoms with Gasteiger partial charge in [-0.1, -0.05) is 0 Å². The maximum absolute atomic E-state index is 10.3. The van der Waals surface area contributed by atoms with Crippen molar-refractivity contribution in [3.05, 3.63) is 23.8 Å². The lowest BCUT2D eigenvalue weighted by Crippen LogP contribution is -2.38. The monoisotopic (exact) mass is 234 g/mol. The summed E-state index contributed by atoms with van der Waals surface area (Å²) in [6.07, 6.45) is 4.83. The van der Waals surface area contributed by atoms with Gasteiger partial charge < -0.3 is 14.6 Å². The van der Waals surface area contributed by atoms with Crippen LogP contribution in [0.25, 0.3) is 0 Å². The molecule has 1 spiro atoms. The zero-order valence-electron chi connectivity index (χ0n) is 10.1. The summed E-state index contributed by atoms with van der Waals surface area (Å²) in [4.78, 5) is 0. The standard InChI is InChI=1S/C14H18O3/c1-16-10-4-5-13-11(8-10)12(15)9-14(17-13)6-2-3-7-14/h4-5,8,12,15H,2-3,6-7,9H2,1H3/t12-/m0/s1. The molecular weight excluding hydrogens is 216 g/mol. The largest absolute Gasteiger partial charge is 0.497 e. The van der Waals surface area contributed by atoms with Crippen LogP contribution in [0.5, 0.6) is 11.5 Å². The number of rotatable bonds is 1. The molecule has 17 heavy (non-hydrogen) atoms. The third-order valence-corrected chi connectivity index (χ3v) is 3.98. The maximum Gasteiger partial charge on any atom is 0.126 e. The molecule has 1 aromatic carbocycles. The van der Waals surface area contributed by atoms with Gasteiger partial charge in [-0.15, -0.1) is 0 Å². The van der Waals surface area contributed by atoms with Crippen molar-refractivity contribution in [1.82, 2.24) is 0 Å². The normalized spacial score (nSPS) is 25.4. The summed E-state index contributed by atoms with van der Waals surface area (Å²) in [5.74, 6) is 1.60. The molecule has 1 atom stereocenters. The van der Waals surface area contributed by atoms with Crippen molar-refractivity contribution in [2.24, 2.45) is 0 Å². The molecular formula is C14H18O3. The summed E-state index contributed by atoms with van der Waals surface area (Å²) in [6.45, 7) is 0. The molecule has 1 saturated carbocycles. The summed E-state index contributed by atoms with van der Waals surface area (Å²) in [5.41, 5.74) is 0.753. The Morgan fingerprint density at radius 1 is 1.35 bits per heavy atom. The second-order valence-corrected chi connectivity index (χ2v) is 5.12. The summed E-state index contributed by atoms with van der Waals surface area (Å²) < 4.78 is 11.3. The molecule has 0 amide bonds. The zero-order valence-corrected chi connectivity index (χ0v) is 10.1. The van der Waals surface area contributed by atoms with Crippen molar-refractivity contribution in [3.8, 4) is 11.5 Å². The number of hydrogen-bond donors (Lipinski definition) is 1. The van der Waals surface area contributed by atoms with Crippen LogP contribution in [0.3, 0.4) is 0 Å². The van der Waals surface area contributed by atoms with Gasteiger partial charge in [0.2, 0.25) is 0 Å². The van der Waals surface area contributed by atoms with Gasteiger partial charge in [0, 0.05) is 12.0 Å². The molecule has 3 heteroatoms. The summed E-state index contributed by atoms with van der Waals surface area (Å²) >= 11 is 0. The molecule has 0 aromatic heterocycles. The van der Waals surface area contributed by atoms with Crippen molar-refractivity contribution in [2.45, 2.75) is 43.8 Å². The van der Waals surface area contributed by atoms with Gasteiger partial charge in [0.1, 0.15) is 17.1 Å². The average Bonchev–Trinajstić information content (AvgIpc) is 2.77. The molecule has 92 valence electrons. The van der Waals surface area contributed by atoms with Crippen molar-refractivity contribution in [3.63, 3.8) is 0 Å². The molecule has 1 aliphatic carbocycles. The van der Waals surface area contributed by atoms with Crippen LogP contribution >= 0.6 is 0 Å². The van der Waals surface area contributed by atoms with E-state index in [4.69, 9.17) is 9.47 Å². The molecule has 0 saturated heterocycles. The van der Waals surface area contributed by atoms with Crippen LogP contribution in [0, 0.1) is 0 Å². The quantitative estimate of drug-likeness (QED) is 0.812. The van der Waals surface area contributed by atoms with Crippen LogP contribution in [-0.2, 0) is 0 Å². The minimum Gasteiger partial charge on any atom is -0.497 e. The highest BCUT2D eigenvalue weighted by atomic mass is 16.5. The van der Waals surface area contributed by atoms with Crippen LogP contribution < -0.4 is 9.47 Å². The van der Waals surface area contributed by atoms with E-state index in [-0.39, 0.29) is 5.60 Å². The Labute approximate surface area is 101 Å². The van der Waals surface area contributed by atoms with Crippen molar-refractivity contribution < 1.29 is 14.6 Å². The van der Waals surface area contributed by atoms with E-state index in [9.17, 15) is 5.11 Å². The van der Waals surface area contributed by atoms with Crippen LogP contribution in [0.4, 0.5) is 0 Å². The van der Waals surface area contributed by atoms with Crippen LogP contribution in [0.15, 0.2) is 18.2 Å². The Hall–Kier alpha value is -1.22. The predicted octanol–water partition coefficient (Wildman–Crippen LogP) is 2.82. The zero-order chi connectivity index (χ0) is 11.9. The highest BCUT2D eigenvalue weighted by Crippen LogP contribution is 2.47. The Kier molecular flexibility index (Phi) is 2.51. The Morgan fingerprint density at radius 2 is 2.12 bits per heavy atom. The average molecular weight is 234 g/mol. The smallest absolute Gasteiger partial charge is 0.126 e. The van der Waals surface area contributed by atoms with Gasteiger partial charge in [-0.25, -0.2) is 0 Å². The molecule has 1 aromatic rings. The van der Waals surface area contributed by atoms with Gasteiger partial charge in [0.15, 0.2) is 0 Å². The number of fused-ring (bicyclic) bond motifs is 1. The molecule has 2 aliphatic rings. The summed E-state index contributed by atoms with van der Waals surface area (Å²) in [5, 5.41) is 10.3. The lowest BCUT2D eigenvalue weighted by Gasteiger charge is -2.38. The fraction of sp³-hybridized carbons (Fsp3) is 0.571.